The Labute approximate surface area is 122 Å². The van der Waals surface area contributed by atoms with Gasteiger partial charge in [-0.2, -0.15) is 0 Å². The van der Waals surface area contributed by atoms with Crippen LogP contribution in [0.15, 0.2) is 18.2 Å². The van der Waals surface area contributed by atoms with Crippen molar-refractivity contribution >= 4 is 29.0 Å². The Bertz CT molecular complexity index is 555. The summed E-state index contributed by atoms with van der Waals surface area (Å²) in [5.41, 5.74) is 0.821. The van der Waals surface area contributed by atoms with Gasteiger partial charge in [-0.1, -0.05) is 12.2 Å². The lowest BCUT2D eigenvalue weighted by molar-refractivity contribution is 0.0266. The molecule has 1 heterocycles. The summed E-state index contributed by atoms with van der Waals surface area (Å²) in [7, 11) is 0. The zero-order valence-corrected chi connectivity index (χ0v) is 12.5. The molecule has 0 saturated carbocycles. The summed E-state index contributed by atoms with van der Waals surface area (Å²) in [6.07, 6.45) is -0.459. The van der Waals surface area contributed by atoms with E-state index in [1.54, 1.807) is 26.8 Å². The van der Waals surface area contributed by atoms with Gasteiger partial charge in [0.05, 0.1) is 18.1 Å². The van der Waals surface area contributed by atoms with Gasteiger partial charge in [-0.3, -0.25) is 4.90 Å². The molecule has 6 heteroatoms. The predicted molar refractivity (Wildman–Crippen MR) is 79.3 cm³/mol. The molecule has 20 heavy (non-hydrogen) atoms. The Hall–Kier alpha value is -1.69. The summed E-state index contributed by atoms with van der Waals surface area (Å²) in [5.74, 6) is -0.345. The third kappa shape index (κ3) is 3.66. The molecule has 0 atom stereocenters. The molecule has 4 nitrogen and oxygen atoms in total. The van der Waals surface area contributed by atoms with Gasteiger partial charge in [-0.25, -0.2) is 9.18 Å². The number of ether oxygens (including phenoxy) is 1. The number of halogens is 1. The van der Waals surface area contributed by atoms with E-state index in [0.717, 1.165) is 5.69 Å². The Balaban J connectivity index is 2.24. The summed E-state index contributed by atoms with van der Waals surface area (Å²) in [4.78, 5) is 14.1. The van der Waals surface area contributed by atoms with Gasteiger partial charge in [0, 0.05) is 5.69 Å². The highest BCUT2D eigenvalue weighted by Gasteiger charge is 2.26. The number of rotatable bonds is 0. The molecule has 0 saturated heterocycles. The number of nitrogens with zero attached hydrogens (tertiary/aromatic N) is 1. The minimum Gasteiger partial charge on any atom is -0.444 e. The number of carbonyl (C=O) groups is 1. The molecule has 0 unspecified atom stereocenters. The number of benzene rings is 1. The van der Waals surface area contributed by atoms with Crippen molar-refractivity contribution in [1.29, 1.82) is 0 Å². The summed E-state index contributed by atoms with van der Waals surface area (Å²) in [5, 5.41) is 3.01. The monoisotopic (exact) mass is 296 g/mol. The molecule has 1 aromatic carbocycles. The molecule has 0 aliphatic carbocycles. The smallest absolute Gasteiger partial charge is 0.410 e. The van der Waals surface area contributed by atoms with Crippen molar-refractivity contribution < 1.29 is 13.9 Å². The average molecular weight is 296 g/mol. The van der Waals surface area contributed by atoms with E-state index >= 15 is 0 Å². The zero-order valence-electron chi connectivity index (χ0n) is 11.7. The van der Waals surface area contributed by atoms with Crippen LogP contribution >= 0.6 is 12.2 Å². The number of carbonyl (C=O) groups excluding carboxylic acids is 1. The van der Waals surface area contributed by atoms with Crippen LogP contribution in [0.4, 0.5) is 14.9 Å². The highest BCUT2D eigenvalue weighted by molar-refractivity contribution is 7.80. The first-order valence-electron chi connectivity index (χ1n) is 6.31. The molecule has 1 N–H and O–H groups in total. The standard InChI is InChI=1S/C14H17FN2O2S/c1-14(2,3)19-13(18)17-7-9-6-10(15)4-5-11(9)16-12(20)8-17/h4-6H,7-8H2,1-3H3,(H,16,20). The van der Waals surface area contributed by atoms with Gasteiger partial charge in [-0.15, -0.1) is 0 Å². The molecule has 1 aliphatic heterocycles. The van der Waals surface area contributed by atoms with Crippen LogP contribution in [0.5, 0.6) is 0 Å². The number of anilines is 1. The Morgan fingerprint density at radius 3 is 2.75 bits per heavy atom. The van der Waals surface area contributed by atoms with Crippen LogP contribution in [-0.4, -0.2) is 28.1 Å². The van der Waals surface area contributed by atoms with Crippen molar-refractivity contribution in [1.82, 2.24) is 4.90 Å². The normalized spacial score (nSPS) is 15.2. The van der Waals surface area contributed by atoms with Crippen molar-refractivity contribution in [3.05, 3.63) is 29.6 Å². The SMILES string of the molecule is CC(C)(C)OC(=O)N1CC(=S)Nc2ccc(F)cc2C1. The summed E-state index contributed by atoms with van der Waals surface area (Å²) >= 11 is 5.18. The maximum Gasteiger partial charge on any atom is 0.410 e. The lowest BCUT2D eigenvalue weighted by atomic mass is 10.1. The molecule has 2 rings (SSSR count). The van der Waals surface area contributed by atoms with E-state index in [4.69, 9.17) is 17.0 Å². The number of nitrogens with one attached hydrogen (secondary N) is 1. The Morgan fingerprint density at radius 2 is 2.10 bits per heavy atom. The molecule has 1 aliphatic rings. The second-order valence-corrected chi connectivity index (χ2v) is 6.18. The number of hydrogen-bond donors (Lipinski definition) is 1. The van der Waals surface area contributed by atoms with E-state index < -0.39 is 11.7 Å². The first-order valence-corrected chi connectivity index (χ1v) is 6.71. The summed E-state index contributed by atoms with van der Waals surface area (Å²) < 4.78 is 18.7. The van der Waals surface area contributed by atoms with Gasteiger partial charge in [0.1, 0.15) is 11.4 Å². The zero-order chi connectivity index (χ0) is 14.9. The van der Waals surface area contributed by atoms with Crippen LogP contribution in [0.1, 0.15) is 26.3 Å². The molecule has 0 aromatic heterocycles. The highest BCUT2D eigenvalue weighted by atomic mass is 32.1. The number of thiocarbonyl (C=S) groups is 1. The van der Waals surface area contributed by atoms with E-state index in [9.17, 15) is 9.18 Å². The Morgan fingerprint density at radius 1 is 1.40 bits per heavy atom. The minimum atomic E-state index is -0.580. The summed E-state index contributed by atoms with van der Waals surface area (Å²) in [6, 6.07) is 4.38. The highest BCUT2D eigenvalue weighted by Crippen LogP contribution is 2.23. The average Bonchev–Trinajstić information content (AvgIpc) is 2.45. The molecular formula is C14H17FN2O2S. The van der Waals surface area contributed by atoms with Gasteiger partial charge in [0.25, 0.3) is 0 Å². The fourth-order valence-electron chi connectivity index (χ4n) is 1.90. The fraction of sp³-hybridized carbons (Fsp3) is 0.429. The number of fused-ring (bicyclic) bond motifs is 1. The molecule has 1 amide bonds. The molecule has 1 aromatic rings. The topological polar surface area (TPSA) is 41.6 Å². The van der Waals surface area contributed by atoms with E-state index in [2.05, 4.69) is 5.32 Å². The van der Waals surface area contributed by atoms with E-state index in [-0.39, 0.29) is 18.9 Å². The third-order valence-electron chi connectivity index (χ3n) is 2.69. The van der Waals surface area contributed by atoms with Crippen LogP contribution in [-0.2, 0) is 11.3 Å². The fourth-order valence-corrected chi connectivity index (χ4v) is 2.16. The third-order valence-corrected chi connectivity index (χ3v) is 2.92. The predicted octanol–water partition coefficient (Wildman–Crippen LogP) is 3.32. The van der Waals surface area contributed by atoms with Crippen LogP contribution in [0.3, 0.4) is 0 Å². The van der Waals surface area contributed by atoms with Crippen molar-refractivity contribution in [2.24, 2.45) is 0 Å². The molecule has 0 spiro atoms. The second kappa shape index (κ2) is 5.36. The quantitative estimate of drug-likeness (QED) is 0.746. The number of amides is 1. The van der Waals surface area contributed by atoms with Gasteiger partial charge in [0.2, 0.25) is 0 Å². The van der Waals surface area contributed by atoms with E-state index in [0.29, 0.717) is 10.6 Å². The van der Waals surface area contributed by atoms with Gasteiger partial charge < -0.3 is 10.1 Å². The second-order valence-electron chi connectivity index (χ2n) is 5.69. The van der Waals surface area contributed by atoms with Crippen LogP contribution in [0, 0.1) is 5.82 Å². The van der Waals surface area contributed by atoms with Crippen molar-refractivity contribution in [3.63, 3.8) is 0 Å². The van der Waals surface area contributed by atoms with Gasteiger partial charge >= 0.3 is 6.09 Å². The van der Waals surface area contributed by atoms with Gasteiger partial charge in [-0.05, 0) is 44.5 Å². The molecule has 0 radical (unpaired) electrons. The number of hydrogen-bond acceptors (Lipinski definition) is 3. The van der Waals surface area contributed by atoms with Crippen molar-refractivity contribution in [2.75, 3.05) is 11.9 Å². The van der Waals surface area contributed by atoms with Gasteiger partial charge in [0.15, 0.2) is 0 Å². The molecule has 0 fully saturated rings. The van der Waals surface area contributed by atoms with Crippen LogP contribution in [0.25, 0.3) is 0 Å². The lowest BCUT2D eigenvalue weighted by Gasteiger charge is -2.26. The molecule has 0 bridgehead atoms. The van der Waals surface area contributed by atoms with E-state index in [1.165, 1.54) is 17.0 Å². The first kappa shape index (κ1) is 14.7. The van der Waals surface area contributed by atoms with Crippen molar-refractivity contribution in [2.45, 2.75) is 32.9 Å². The van der Waals surface area contributed by atoms with E-state index in [1.807, 2.05) is 0 Å². The lowest BCUT2D eigenvalue weighted by Crippen LogP contribution is -2.38. The molecular weight excluding hydrogens is 279 g/mol. The summed E-state index contributed by atoms with van der Waals surface area (Å²) in [6.45, 7) is 5.91. The van der Waals surface area contributed by atoms with Crippen molar-refractivity contribution in [3.8, 4) is 0 Å². The minimum absolute atomic E-state index is 0.251. The largest absolute Gasteiger partial charge is 0.444 e. The Kier molecular flexibility index (Phi) is 3.94. The first-order chi connectivity index (χ1) is 9.24. The molecule has 108 valence electrons. The van der Waals surface area contributed by atoms with Crippen LogP contribution < -0.4 is 5.32 Å². The maximum atomic E-state index is 13.3. The van der Waals surface area contributed by atoms with Crippen LogP contribution in [0.2, 0.25) is 0 Å². The maximum absolute atomic E-state index is 13.3.